The molecule has 1 rings (SSSR count). The van der Waals surface area contributed by atoms with Gasteiger partial charge in [-0.25, -0.2) is 4.98 Å². The maximum Gasteiger partial charge on any atom is 0.126 e. The molecule has 0 radical (unpaired) electrons. The first kappa shape index (κ1) is 9.35. The van der Waals surface area contributed by atoms with Crippen LogP contribution in [0.15, 0.2) is 23.3 Å². The van der Waals surface area contributed by atoms with E-state index in [4.69, 9.17) is 5.53 Å². The highest BCUT2D eigenvalue weighted by molar-refractivity contribution is 5.34. The fourth-order valence-electron chi connectivity index (χ4n) is 0.951. The molecule has 0 aliphatic carbocycles. The Kier molecular flexibility index (Phi) is 3.60. The van der Waals surface area contributed by atoms with Crippen LogP contribution in [-0.4, -0.2) is 11.5 Å². The second kappa shape index (κ2) is 5.00. The van der Waals surface area contributed by atoms with Crippen LogP contribution in [0.2, 0.25) is 0 Å². The average Bonchev–Trinajstić information content (AvgIpc) is 2.16. The van der Waals surface area contributed by atoms with Crippen LogP contribution in [0.25, 0.3) is 10.4 Å². The number of hydrogen-bond acceptors (Lipinski definition) is 3. The van der Waals surface area contributed by atoms with E-state index in [2.05, 4.69) is 20.3 Å². The van der Waals surface area contributed by atoms with Gasteiger partial charge in [-0.2, -0.15) is 0 Å². The van der Waals surface area contributed by atoms with Crippen LogP contribution in [-0.2, 0) is 6.54 Å². The number of anilines is 1. The maximum absolute atomic E-state index is 8.12. The normalized spacial score (nSPS) is 9.00. The van der Waals surface area contributed by atoms with Crippen molar-refractivity contribution < 1.29 is 0 Å². The smallest absolute Gasteiger partial charge is 0.126 e. The lowest BCUT2D eigenvalue weighted by atomic mass is 10.3. The molecule has 1 aromatic heterocycles. The molecule has 1 N–H and O–H groups in total. The lowest BCUT2D eigenvalue weighted by Gasteiger charge is -2.02. The van der Waals surface area contributed by atoms with Crippen molar-refractivity contribution in [2.45, 2.75) is 13.5 Å². The molecule has 0 bridgehead atoms. The Bertz CT molecular complexity index is 316. The van der Waals surface area contributed by atoms with E-state index in [0.717, 1.165) is 18.1 Å². The van der Waals surface area contributed by atoms with Gasteiger partial charge in [-0.3, -0.25) is 0 Å². The minimum atomic E-state index is 0.301. The summed E-state index contributed by atoms with van der Waals surface area (Å²) in [5, 5.41) is 6.51. The first-order chi connectivity index (χ1) is 6.36. The van der Waals surface area contributed by atoms with E-state index in [1.165, 1.54) is 0 Å². The van der Waals surface area contributed by atoms with Crippen LogP contribution >= 0.6 is 0 Å². The van der Waals surface area contributed by atoms with E-state index in [-0.39, 0.29) is 0 Å². The summed E-state index contributed by atoms with van der Waals surface area (Å²) in [5.74, 6) is 0.813. The van der Waals surface area contributed by atoms with Gasteiger partial charge in [0.1, 0.15) is 5.82 Å². The van der Waals surface area contributed by atoms with E-state index in [1.54, 1.807) is 0 Å². The van der Waals surface area contributed by atoms with E-state index in [9.17, 15) is 0 Å². The van der Waals surface area contributed by atoms with Crippen molar-refractivity contribution in [1.29, 1.82) is 0 Å². The maximum atomic E-state index is 8.12. The van der Waals surface area contributed by atoms with Gasteiger partial charge in [0.25, 0.3) is 0 Å². The van der Waals surface area contributed by atoms with Crippen LogP contribution in [0.4, 0.5) is 5.82 Å². The molecule has 0 amide bonds. The molecule has 0 aromatic carbocycles. The molecule has 0 atom stereocenters. The molecule has 68 valence electrons. The van der Waals surface area contributed by atoms with Gasteiger partial charge >= 0.3 is 0 Å². The minimum absolute atomic E-state index is 0.301. The van der Waals surface area contributed by atoms with Gasteiger partial charge in [-0.1, -0.05) is 11.2 Å². The second-order valence-corrected chi connectivity index (χ2v) is 2.43. The van der Waals surface area contributed by atoms with Gasteiger partial charge in [0.15, 0.2) is 0 Å². The van der Waals surface area contributed by atoms with Crippen LogP contribution < -0.4 is 5.32 Å². The van der Waals surface area contributed by atoms with Crippen molar-refractivity contribution in [3.05, 3.63) is 34.3 Å². The molecule has 0 saturated carbocycles. The molecule has 0 spiro atoms. The van der Waals surface area contributed by atoms with Gasteiger partial charge in [0.2, 0.25) is 0 Å². The SMILES string of the molecule is CCNc1cccc(CN=[N+]=[N-])n1. The highest BCUT2D eigenvalue weighted by Gasteiger charge is 1.94. The van der Waals surface area contributed by atoms with Gasteiger partial charge in [-0.05, 0) is 24.6 Å². The highest BCUT2D eigenvalue weighted by Crippen LogP contribution is 2.05. The zero-order chi connectivity index (χ0) is 9.52. The molecule has 13 heavy (non-hydrogen) atoms. The topological polar surface area (TPSA) is 73.7 Å². The summed E-state index contributed by atoms with van der Waals surface area (Å²) in [7, 11) is 0. The lowest BCUT2D eigenvalue weighted by molar-refractivity contribution is 0.972. The third-order valence-electron chi connectivity index (χ3n) is 1.46. The number of pyridine rings is 1. The van der Waals surface area contributed by atoms with Crippen molar-refractivity contribution in [3.8, 4) is 0 Å². The average molecular weight is 177 g/mol. The number of aromatic nitrogens is 1. The fraction of sp³-hybridized carbons (Fsp3) is 0.375. The van der Waals surface area contributed by atoms with E-state index in [0.29, 0.717) is 6.54 Å². The van der Waals surface area contributed by atoms with Crippen molar-refractivity contribution in [2.75, 3.05) is 11.9 Å². The number of rotatable bonds is 4. The summed E-state index contributed by atoms with van der Waals surface area (Å²) in [6.45, 7) is 3.13. The first-order valence-corrected chi connectivity index (χ1v) is 4.07. The predicted molar refractivity (Wildman–Crippen MR) is 51.3 cm³/mol. The zero-order valence-electron chi connectivity index (χ0n) is 7.44. The Morgan fingerprint density at radius 2 is 2.46 bits per heavy atom. The summed E-state index contributed by atoms with van der Waals surface area (Å²) >= 11 is 0. The van der Waals surface area contributed by atoms with Crippen LogP contribution in [0, 0.1) is 0 Å². The molecule has 0 aliphatic heterocycles. The number of azide groups is 1. The van der Waals surface area contributed by atoms with Gasteiger partial charge in [0, 0.05) is 17.2 Å². The number of nitrogens with one attached hydrogen (secondary N) is 1. The summed E-state index contributed by atoms with van der Waals surface area (Å²) in [4.78, 5) is 6.90. The Morgan fingerprint density at radius 3 is 3.15 bits per heavy atom. The molecule has 0 fully saturated rings. The third kappa shape index (κ3) is 3.01. The van der Waals surface area contributed by atoms with Crippen LogP contribution in [0.3, 0.4) is 0 Å². The van der Waals surface area contributed by atoms with E-state index >= 15 is 0 Å². The van der Waals surface area contributed by atoms with Crippen molar-refractivity contribution in [2.24, 2.45) is 5.11 Å². The van der Waals surface area contributed by atoms with Crippen molar-refractivity contribution in [1.82, 2.24) is 4.98 Å². The predicted octanol–water partition coefficient (Wildman–Crippen LogP) is 2.32. The summed E-state index contributed by atoms with van der Waals surface area (Å²) in [6.07, 6.45) is 0. The zero-order valence-corrected chi connectivity index (χ0v) is 7.44. The molecule has 0 saturated heterocycles. The standard InChI is InChI=1S/C8H11N5/c1-2-10-8-5-3-4-7(12-8)6-11-13-9/h3-5H,2,6H2,1H3,(H,10,12). The van der Waals surface area contributed by atoms with Gasteiger partial charge in [0.05, 0.1) is 6.54 Å². The molecule has 5 nitrogen and oxygen atoms in total. The fourth-order valence-corrected chi connectivity index (χ4v) is 0.951. The van der Waals surface area contributed by atoms with E-state index < -0.39 is 0 Å². The van der Waals surface area contributed by atoms with E-state index in [1.807, 2.05) is 25.1 Å². The Hall–Kier alpha value is -1.74. The molecule has 1 heterocycles. The summed E-state index contributed by atoms with van der Waals surface area (Å²) < 4.78 is 0. The lowest BCUT2D eigenvalue weighted by Crippen LogP contribution is -2.00. The second-order valence-electron chi connectivity index (χ2n) is 2.43. The monoisotopic (exact) mass is 177 g/mol. The molecule has 0 aliphatic rings. The van der Waals surface area contributed by atoms with Crippen LogP contribution in [0.5, 0.6) is 0 Å². The quantitative estimate of drug-likeness (QED) is 0.435. The molecular formula is C8H11N5. The Labute approximate surface area is 76.4 Å². The highest BCUT2D eigenvalue weighted by atomic mass is 15.1. The van der Waals surface area contributed by atoms with Crippen LogP contribution in [0.1, 0.15) is 12.6 Å². The number of hydrogen-bond donors (Lipinski definition) is 1. The van der Waals surface area contributed by atoms with Gasteiger partial charge in [-0.15, -0.1) is 0 Å². The largest absolute Gasteiger partial charge is 0.370 e. The van der Waals surface area contributed by atoms with Crippen molar-refractivity contribution >= 4 is 5.82 Å². The Balaban J connectivity index is 2.72. The third-order valence-corrected chi connectivity index (χ3v) is 1.46. The number of nitrogens with zero attached hydrogens (tertiary/aromatic N) is 4. The molecule has 1 aromatic rings. The first-order valence-electron chi connectivity index (χ1n) is 4.07. The minimum Gasteiger partial charge on any atom is -0.370 e. The molecule has 5 heteroatoms. The molecular weight excluding hydrogens is 166 g/mol. The summed E-state index contributed by atoms with van der Waals surface area (Å²) in [6, 6.07) is 5.59. The summed E-state index contributed by atoms with van der Waals surface area (Å²) in [5.41, 5.74) is 8.89. The molecule has 0 unspecified atom stereocenters. The van der Waals surface area contributed by atoms with Gasteiger partial charge < -0.3 is 5.32 Å². The Morgan fingerprint density at radius 1 is 1.62 bits per heavy atom. The van der Waals surface area contributed by atoms with Crippen molar-refractivity contribution in [3.63, 3.8) is 0 Å².